The minimum absolute atomic E-state index is 0.191. The number of halogens is 1. The third-order valence-electron chi connectivity index (χ3n) is 3.32. The fourth-order valence-electron chi connectivity index (χ4n) is 1.72. The molecule has 0 aliphatic carbocycles. The van der Waals surface area contributed by atoms with Crippen LogP contribution in [0.25, 0.3) is 0 Å². The van der Waals surface area contributed by atoms with Gasteiger partial charge in [0.05, 0.1) is 16.7 Å². The van der Waals surface area contributed by atoms with E-state index >= 15 is 0 Å². The summed E-state index contributed by atoms with van der Waals surface area (Å²) in [4.78, 5) is 12.0. The second-order valence-corrected chi connectivity index (χ2v) is 5.68. The Morgan fingerprint density at radius 1 is 1.32 bits per heavy atom. The normalized spacial score (nSPS) is 12.6. The van der Waals surface area contributed by atoms with Gasteiger partial charge in [-0.2, -0.15) is 0 Å². The van der Waals surface area contributed by atoms with Crippen LogP contribution in [0.3, 0.4) is 0 Å². The number of carbonyl (C=O) groups excluding carboxylic acids is 1. The van der Waals surface area contributed by atoms with Crippen molar-refractivity contribution in [3.05, 3.63) is 33.8 Å². The Bertz CT molecular complexity index is 458. The molecule has 3 nitrogen and oxygen atoms in total. The van der Waals surface area contributed by atoms with Gasteiger partial charge in [0.25, 0.3) is 5.91 Å². The van der Waals surface area contributed by atoms with Crippen LogP contribution in [0.5, 0.6) is 0 Å². The topological polar surface area (TPSA) is 49.3 Å². The molecule has 0 saturated heterocycles. The molecule has 4 heteroatoms. The fraction of sp³-hybridized carbons (Fsp3) is 0.533. The number of hydrogen-bond donors (Lipinski definition) is 2. The number of nitrogens with one attached hydrogen (secondary N) is 1. The molecule has 106 valence electrons. The molecule has 0 aromatic heterocycles. The molecule has 1 aromatic rings. The summed E-state index contributed by atoms with van der Waals surface area (Å²) in [6.07, 6.45) is 0.154. The lowest BCUT2D eigenvalue weighted by atomic mass is 10.0. The van der Waals surface area contributed by atoms with Crippen molar-refractivity contribution in [3.8, 4) is 0 Å². The Balaban J connectivity index is 2.62. The molecule has 1 amide bonds. The van der Waals surface area contributed by atoms with E-state index in [1.165, 1.54) is 0 Å². The fourth-order valence-corrected chi connectivity index (χ4v) is 2.02. The zero-order valence-electron chi connectivity index (χ0n) is 12.0. The summed E-state index contributed by atoms with van der Waals surface area (Å²) in [6, 6.07) is 3.60. The molecule has 19 heavy (non-hydrogen) atoms. The van der Waals surface area contributed by atoms with Gasteiger partial charge in [-0.15, -0.1) is 0 Å². The molecule has 1 atom stereocenters. The van der Waals surface area contributed by atoms with Crippen molar-refractivity contribution in [3.63, 3.8) is 0 Å². The van der Waals surface area contributed by atoms with Crippen molar-refractivity contribution in [1.29, 1.82) is 0 Å². The molecule has 0 fully saturated rings. The van der Waals surface area contributed by atoms with Gasteiger partial charge in [-0.05, 0) is 49.4 Å². The van der Waals surface area contributed by atoms with Crippen molar-refractivity contribution < 1.29 is 9.90 Å². The van der Waals surface area contributed by atoms with Crippen LogP contribution >= 0.6 is 11.6 Å². The molecule has 0 aliphatic rings. The van der Waals surface area contributed by atoms with E-state index in [1.54, 1.807) is 12.1 Å². The van der Waals surface area contributed by atoms with Gasteiger partial charge in [0.1, 0.15) is 0 Å². The van der Waals surface area contributed by atoms with Gasteiger partial charge >= 0.3 is 0 Å². The lowest BCUT2D eigenvalue weighted by molar-refractivity contribution is 0.0920. The standard InChI is InChI=1S/C15H22ClNO2/c1-9(2)14(18)5-6-17-15(19)12-7-10(3)11(4)8-13(12)16/h7-9,14,18H,5-6H2,1-4H3,(H,17,19). The summed E-state index contributed by atoms with van der Waals surface area (Å²) in [5.74, 6) is 0.00571. The Morgan fingerprint density at radius 2 is 1.89 bits per heavy atom. The van der Waals surface area contributed by atoms with E-state index in [-0.39, 0.29) is 11.8 Å². The van der Waals surface area contributed by atoms with Crippen molar-refractivity contribution in [1.82, 2.24) is 5.32 Å². The van der Waals surface area contributed by atoms with Crippen LogP contribution in [-0.4, -0.2) is 23.7 Å². The van der Waals surface area contributed by atoms with Gasteiger partial charge in [-0.3, -0.25) is 4.79 Å². The van der Waals surface area contributed by atoms with Crippen LogP contribution in [0, 0.1) is 19.8 Å². The van der Waals surface area contributed by atoms with Gasteiger partial charge in [0.2, 0.25) is 0 Å². The highest BCUT2D eigenvalue weighted by Crippen LogP contribution is 2.20. The highest BCUT2D eigenvalue weighted by atomic mass is 35.5. The smallest absolute Gasteiger partial charge is 0.252 e. The Morgan fingerprint density at radius 3 is 2.47 bits per heavy atom. The van der Waals surface area contributed by atoms with Gasteiger partial charge in [-0.25, -0.2) is 0 Å². The lowest BCUT2D eigenvalue weighted by Gasteiger charge is -2.15. The molecule has 0 saturated carbocycles. The van der Waals surface area contributed by atoms with E-state index in [0.29, 0.717) is 23.6 Å². The summed E-state index contributed by atoms with van der Waals surface area (Å²) in [5.41, 5.74) is 2.59. The van der Waals surface area contributed by atoms with Crippen LogP contribution in [0.2, 0.25) is 5.02 Å². The largest absolute Gasteiger partial charge is 0.393 e. The predicted octanol–water partition coefficient (Wildman–Crippen LogP) is 3.09. The third-order valence-corrected chi connectivity index (χ3v) is 3.64. The lowest BCUT2D eigenvalue weighted by Crippen LogP contribution is -2.29. The summed E-state index contributed by atoms with van der Waals surface area (Å²) >= 11 is 6.08. The first-order chi connectivity index (χ1) is 8.82. The second-order valence-electron chi connectivity index (χ2n) is 5.27. The average Bonchev–Trinajstić information content (AvgIpc) is 2.33. The summed E-state index contributed by atoms with van der Waals surface area (Å²) < 4.78 is 0. The number of rotatable bonds is 5. The van der Waals surface area contributed by atoms with Crippen molar-refractivity contribution in [2.45, 2.75) is 40.2 Å². The minimum atomic E-state index is -0.393. The molecular formula is C15H22ClNO2. The Kier molecular flexibility index (Phi) is 5.83. The average molecular weight is 284 g/mol. The highest BCUT2D eigenvalue weighted by Gasteiger charge is 2.13. The van der Waals surface area contributed by atoms with Crippen LogP contribution < -0.4 is 5.32 Å². The summed E-state index contributed by atoms with van der Waals surface area (Å²) in [6.45, 7) is 8.26. The first kappa shape index (κ1) is 16.0. The van der Waals surface area contributed by atoms with E-state index < -0.39 is 6.10 Å². The molecule has 1 unspecified atom stereocenters. The number of aliphatic hydroxyl groups excluding tert-OH is 1. The van der Waals surface area contributed by atoms with Crippen LogP contribution in [0.4, 0.5) is 0 Å². The summed E-state index contributed by atoms with van der Waals surface area (Å²) in [7, 11) is 0. The number of hydrogen-bond acceptors (Lipinski definition) is 2. The Labute approximate surface area is 120 Å². The molecule has 2 N–H and O–H groups in total. The molecular weight excluding hydrogens is 262 g/mol. The number of benzene rings is 1. The van der Waals surface area contributed by atoms with E-state index in [4.69, 9.17) is 11.6 Å². The predicted molar refractivity (Wildman–Crippen MR) is 78.7 cm³/mol. The second kappa shape index (κ2) is 6.92. The first-order valence-corrected chi connectivity index (χ1v) is 6.93. The van der Waals surface area contributed by atoms with Gasteiger partial charge in [-0.1, -0.05) is 25.4 Å². The van der Waals surface area contributed by atoms with Crippen molar-refractivity contribution >= 4 is 17.5 Å². The van der Waals surface area contributed by atoms with Gasteiger partial charge in [0.15, 0.2) is 0 Å². The highest BCUT2D eigenvalue weighted by molar-refractivity contribution is 6.33. The van der Waals surface area contributed by atoms with Crippen LogP contribution in [-0.2, 0) is 0 Å². The maximum absolute atomic E-state index is 12.0. The SMILES string of the molecule is Cc1cc(Cl)c(C(=O)NCCC(O)C(C)C)cc1C. The molecule has 0 spiro atoms. The van der Waals surface area contributed by atoms with Gasteiger partial charge in [0, 0.05) is 6.54 Å². The molecule has 0 heterocycles. The van der Waals surface area contributed by atoms with Crippen LogP contribution in [0.15, 0.2) is 12.1 Å². The molecule has 0 aliphatic heterocycles. The number of carbonyl (C=O) groups is 1. The summed E-state index contributed by atoms with van der Waals surface area (Å²) in [5, 5.41) is 12.9. The Hall–Kier alpha value is -1.06. The van der Waals surface area contributed by atoms with E-state index in [9.17, 15) is 9.90 Å². The molecule has 1 aromatic carbocycles. The third kappa shape index (κ3) is 4.51. The zero-order valence-corrected chi connectivity index (χ0v) is 12.7. The molecule has 1 rings (SSSR count). The van der Waals surface area contributed by atoms with Crippen molar-refractivity contribution in [2.24, 2.45) is 5.92 Å². The number of aryl methyl sites for hydroxylation is 2. The van der Waals surface area contributed by atoms with Gasteiger partial charge < -0.3 is 10.4 Å². The molecule has 0 radical (unpaired) electrons. The quantitative estimate of drug-likeness (QED) is 0.872. The number of aliphatic hydroxyl groups is 1. The monoisotopic (exact) mass is 283 g/mol. The first-order valence-electron chi connectivity index (χ1n) is 6.56. The minimum Gasteiger partial charge on any atom is -0.393 e. The maximum atomic E-state index is 12.0. The number of amides is 1. The zero-order chi connectivity index (χ0) is 14.6. The van der Waals surface area contributed by atoms with E-state index in [1.807, 2.05) is 27.7 Å². The molecule has 0 bridgehead atoms. The maximum Gasteiger partial charge on any atom is 0.252 e. The van der Waals surface area contributed by atoms with Crippen LogP contribution in [0.1, 0.15) is 41.8 Å². The van der Waals surface area contributed by atoms with E-state index in [0.717, 1.165) is 11.1 Å². The van der Waals surface area contributed by atoms with E-state index in [2.05, 4.69) is 5.32 Å². The van der Waals surface area contributed by atoms with Crippen molar-refractivity contribution in [2.75, 3.05) is 6.54 Å².